The standard InChI is InChI=1S/C26H34Cl2N2O2/c1-6-23(25(32)29-7-2)30(17-19-11-14-21(27)16-22(19)28)24(31)15-10-18-8-12-20(13-9-18)26(3,4)5/h8-9,11-14,16,23H,6-7,10,15,17H2,1-5H3,(H,29,32)/t23-/m1/s1. The molecule has 4 nitrogen and oxygen atoms in total. The highest BCUT2D eigenvalue weighted by atomic mass is 35.5. The highest BCUT2D eigenvalue weighted by molar-refractivity contribution is 6.35. The van der Waals surface area contributed by atoms with Crippen LogP contribution in [0.2, 0.25) is 10.0 Å². The van der Waals surface area contributed by atoms with Crippen LogP contribution in [0.1, 0.15) is 64.2 Å². The number of halogens is 2. The molecule has 0 radical (unpaired) electrons. The topological polar surface area (TPSA) is 49.4 Å². The highest BCUT2D eigenvalue weighted by Gasteiger charge is 2.28. The smallest absolute Gasteiger partial charge is 0.242 e. The molecular formula is C26H34Cl2N2O2. The third-order valence-corrected chi connectivity index (χ3v) is 6.13. The number of carbonyl (C=O) groups excluding carboxylic acids is 2. The van der Waals surface area contributed by atoms with Gasteiger partial charge in [-0.25, -0.2) is 0 Å². The molecule has 2 rings (SSSR count). The Hall–Kier alpha value is -2.04. The number of benzene rings is 2. The van der Waals surface area contributed by atoms with Crippen LogP contribution < -0.4 is 5.32 Å². The second kappa shape index (κ2) is 11.7. The maximum Gasteiger partial charge on any atom is 0.242 e. The molecule has 0 fully saturated rings. The predicted octanol–water partition coefficient (Wildman–Crippen LogP) is 6.17. The van der Waals surface area contributed by atoms with Crippen molar-refractivity contribution in [2.75, 3.05) is 6.54 Å². The van der Waals surface area contributed by atoms with Crippen LogP contribution in [-0.2, 0) is 28.0 Å². The van der Waals surface area contributed by atoms with E-state index >= 15 is 0 Å². The number of likely N-dealkylation sites (N-methyl/N-ethyl adjacent to an activating group) is 1. The lowest BCUT2D eigenvalue weighted by Crippen LogP contribution is -2.49. The van der Waals surface area contributed by atoms with Crippen molar-refractivity contribution in [1.29, 1.82) is 0 Å². The van der Waals surface area contributed by atoms with Gasteiger partial charge in [0.25, 0.3) is 0 Å². The lowest BCUT2D eigenvalue weighted by Gasteiger charge is -2.31. The number of aryl methyl sites for hydroxylation is 1. The number of nitrogens with one attached hydrogen (secondary N) is 1. The normalized spacial score (nSPS) is 12.3. The first-order chi connectivity index (χ1) is 15.1. The number of amides is 2. The first-order valence-electron chi connectivity index (χ1n) is 11.2. The van der Waals surface area contributed by atoms with E-state index in [4.69, 9.17) is 23.2 Å². The molecule has 0 saturated heterocycles. The van der Waals surface area contributed by atoms with Gasteiger partial charge in [-0.1, -0.05) is 81.2 Å². The number of nitrogens with zero attached hydrogens (tertiary/aromatic N) is 1. The number of carbonyl (C=O) groups is 2. The van der Waals surface area contributed by atoms with Gasteiger partial charge in [0.05, 0.1) is 0 Å². The van der Waals surface area contributed by atoms with Crippen molar-refractivity contribution in [2.45, 2.75) is 71.9 Å². The van der Waals surface area contributed by atoms with Crippen LogP contribution in [0.5, 0.6) is 0 Å². The quantitative estimate of drug-likeness (QED) is 0.470. The summed E-state index contributed by atoms with van der Waals surface area (Å²) in [6.07, 6.45) is 1.44. The highest BCUT2D eigenvalue weighted by Crippen LogP contribution is 2.25. The van der Waals surface area contributed by atoms with Gasteiger partial charge >= 0.3 is 0 Å². The fraction of sp³-hybridized carbons (Fsp3) is 0.462. The van der Waals surface area contributed by atoms with Crippen molar-refractivity contribution < 1.29 is 9.59 Å². The molecule has 0 bridgehead atoms. The average Bonchev–Trinajstić information content (AvgIpc) is 2.73. The minimum absolute atomic E-state index is 0.0750. The first-order valence-corrected chi connectivity index (χ1v) is 11.9. The van der Waals surface area contributed by atoms with Gasteiger partial charge in [-0.2, -0.15) is 0 Å². The Morgan fingerprint density at radius 3 is 2.22 bits per heavy atom. The summed E-state index contributed by atoms with van der Waals surface area (Å²) in [7, 11) is 0. The van der Waals surface area contributed by atoms with E-state index in [1.165, 1.54) is 5.56 Å². The van der Waals surface area contributed by atoms with E-state index in [1.54, 1.807) is 23.1 Å². The Morgan fingerprint density at radius 1 is 1.03 bits per heavy atom. The molecule has 0 aliphatic heterocycles. The minimum Gasteiger partial charge on any atom is -0.355 e. The molecule has 0 unspecified atom stereocenters. The monoisotopic (exact) mass is 476 g/mol. The third kappa shape index (κ3) is 7.25. The Balaban J connectivity index is 2.21. The summed E-state index contributed by atoms with van der Waals surface area (Å²) in [6, 6.07) is 13.0. The van der Waals surface area contributed by atoms with E-state index in [9.17, 15) is 9.59 Å². The number of hydrogen-bond acceptors (Lipinski definition) is 2. The molecule has 2 amide bonds. The molecule has 174 valence electrons. The van der Waals surface area contributed by atoms with Gasteiger partial charge in [0.15, 0.2) is 0 Å². The summed E-state index contributed by atoms with van der Waals surface area (Å²) in [5.41, 5.74) is 3.21. The summed E-state index contributed by atoms with van der Waals surface area (Å²) in [5, 5.41) is 3.87. The van der Waals surface area contributed by atoms with Gasteiger partial charge in [-0.3, -0.25) is 9.59 Å². The van der Waals surface area contributed by atoms with Crippen molar-refractivity contribution in [1.82, 2.24) is 10.2 Å². The van der Waals surface area contributed by atoms with Crippen molar-refractivity contribution in [2.24, 2.45) is 0 Å². The lowest BCUT2D eigenvalue weighted by atomic mass is 9.86. The Kier molecular flexibility index (Phi) is 9.60. The molecule has 6 heteroatoms. The van der Waals surface area contributed by atoms with Gasteiger partial charge in [-0.05, 0) is 54.0 Å². The molecule has 1 N–H and O–H groups in total. The maximum atomic E-state index is 13.3. The van der Waals surface area contributed by atoms with E-state index in [0.29, 0.717) is 35.9 Å². The Labute approximate surface area is 202 Å². The van der Waals surface area contributed by atoms with Crippen LogP contribution in [0.4, 0.5) is 0 Å². The minimum atomic E-state index is -0.558. The number of hydrogen-bond donors (Lipinski definition) is 1. The molecule has 2 aromatic carbocycles. The van der Waals surface area contributed by atoms with Crippen molar-refractivity contribution in [3.05, 3.63) is 69.2 Å². The SMILES string of the molecule is CCNC(=O)[C@@H](CC)N(Cc1ccc(Cl)cc1Cl)C(=O)CCc1ccc(C(C)(C)C)cc1. The van der Waals surface area contributed by atoms with Crippen molar-refractivity contribution in [3.8, 4) is 0 Å². The molecule has 0 saturated carbocycles. The van der Waals surface area contributed by atoms with Crippen LogP contribution in [0.3, 0.4) is 0 Å². The Morgan fingerprint density at radius 2 is 1.69 bits per heavy atom. The average molecular weight is 477 g/mol. The van der Waals surface area contributed by atoms with E-state index in [-0.39, 0.29) is 23.8 Å². The molecule has 0 heterocycles. The first kappa shape index (κ1) is 26.2. The second-order valence-corrected chi connectivity index (χ2v) is 9.87. The van der Waals surface area contributed by atoms with Crippen LogP contribution in [-0.4, -0.2) is 29.3 Å². The molecule has 1 atom stereocenters. The maximum absolute atomic E-state index is 13.3. The molecule has 0 aliphatic rings. The van der Waals surface area contributed by atoms with Crippen LogP contribution in [0.15, 0.2) is 42.5 Å². The van der Waals surface area contributed by atoms with E-state index < -0.39 is 6.04 Å². The molecule has 0 aliphatic carbocycles. The molecule has 2 aromatic rings. The van der Waals surface area contributed by atoms with E-state index in [1.807, 2.05) is 13.8 Å². The van der Waals surface area contributed by atoms with Crippen molar-refractivity contribution in [3.63, 3.8) is 0 Å². The molecular weight excluding hydrogens is 443 g/mol. The fourth-order valence-corrected chi connectivity index (χ4v) is 4.08. The zero-order valence-electron chi connectivity index (χ0n) is 19.7. The van der Waals surface area contributed by atoms with Gasteiger partial charge in [0, 0.05) is 29.6 Å². The molecule has 32 heavy (non-hydrogen) atoms. The van der Waals surface area contributed by atoms with Crippen LogP contribution in [0, 0.1) is 0 Å². The molecule has 0 spiro atoms. The zero-order valence-corrected chi connectivity index (χ0v) is 21.2. The predicted molar refractivity (Wildman–Crippen MR) is 133 cm³/mol. The third-order valence-electron chi connectivity index (χ3n) is 5.54. The Bertz CT molecular complexity index is 920. The molecule has 0 aromatic heterocycles. The van der Waals surface area contributed by atoms with Gasteiger partial charge in [-0.15, -0.1) is 0 Å². The fourth-order valence-electron chi connectivity index (χ4n) is 3.61. The van der Waals surface area contributed by atoms with Crippen LogP contribution >= 0.6 is 23.2 Å². The zero-order chi connectivity index (χ0) is 23.9. The van der Waals surface area contributed by atoms with E-state index in [0.717, 1.165) is 11.1 Å². The van der Waals surface area contributed by atoms with Crippen molar-refractivity contribution >= 4 is 35.0 Å². The second-order valence-electron chi connectivity index (χ2n) is 9.02. The van der Waals surface area contributed by atoms with Gasteiger partial charge in [0.1, 0.15) is 6.04 Å². The van der Waals surface area contributed by atoms with Crippen LogP contribution in [0.25, 0.3) is 0 Å². The summed E-state index contributed by atoms with van der Waals surface area (Å²) >= 11 is 12.4. The summed E-state index contributed by atoms with van der Waals surface area (Å²) in [6.45, 7) is 11.1. The lowest BCUT2D eigenvalue weighted by molar-refractivity contribution is -0.141. The summed E-state index contributed by atoms with van der Waals surface area (Å²) < 4.78 is 0. The number of rotatable bonds is 9. The van der Waals surface area contributed by atoms with Gasteiger partial charge in [0.2, 0.25) is 11.8 Å². The summed E-state index contributed by atoms with van der Waals surface area (Å²) in [4.78, 5) is 27.6. The van der Waals surface area contributed by atoms with Gasteiger partial charge < -0.3 is 10.2 Å². The summed E-state index contributed by atoms with van der Waals surface area (Å²) in [5.74, 6) is -0.225. The largest absolute Gasteiger partial charge is 0.355 e. The van der Waals surface area contributed by atoms with E-state index in [2.05, 4.69) is 50.4 Å².